The summed E-state index contributed by atoms with van der Waals surface area (Å²) in [5.74, 6) is 1.04. The van der Waals surface area contributed by atoms with Crippen molar-refractivity contribution in [2.45, 2.75) is 19.4 Å². The summed E-state index contributed by atoms with van der Waals surface area (Å²) in [5, 5.41) is 0.0883. The number of aromatic amines is 1. The van der Waals surface area contributed by atoms with Crippen LogP contribution in [0.15, 0.2) is 15.7 Å². The van der Waals surface area contributed by atoms with Gasteiger partial charge in [0.15, 0.2) is 0 Å². The molecule has 0 saturated carbocycles. The molecule has 1 heterocycles. The van der Waals surface area contributed by atoms with Crippen molar-refractivity contribution >= 4 is 23.4 Å². The predicted molar refractivity (Wildman–Crippen MR) is 63.9 cm³/mol. The highest BCUT2D eigenvalue weighted by molar-refractivity contribution is 7.98. The van der Waals surface area contributed by atoms with Crippen molar-refractivity contribution in [3.63, 3.8) is 0 Å². The molecule has 0 amide bonds. The minimum atomic E-state index is -0.434. The Morgan fingerprint density at radius 3 is 2.80 bits per heavy atom. The van der Waals surface area contributed by atoms with Gasteiger partial charge in [0.2, 0.25) is 0 Å². The molecule has 0 aliphatic carbocycles. The average Bonchev–Trinajstić information content (AvgIpc) is 2.15. The fourth-order valence-corrected chi connectivity index (χ4v) is 1.89. The van der Waals surface area contributed by atoms with Gasteiger partial charge in [0.1, 0.15) is 5.15 Å². The molecular weight excluding hydrogens is 236 g/mol. The van der Waals surface area contributed by atoms with Crippen LogP contribution >= 0.6 is 23.4 Å². The van der Waals surface area contributed by atoms with E-state index in [1.54, 1.807) is 11.8 Å². The van der Waals surface area contributed by atoms with E-state index in [1.165, 1.54) is 10.6 Å². The molecule has 0 saturated heterocycles. The van der Waals surface area contributed by atoms with Crippen LogP contribution in [0, 0.1) is 0 Å². The van der Waals surface area contributed by atoms with Crippen molar-refractivity contribution in [2.24, 2.45) is 0 Å². The Balaban J connectivity index is 2.69. The highest BCUT2D eigenvalue weighted by Gasteiger charge is 2.02. The maximum Gasteiger partial charge on any atom is 0.329 e. The van der Waals surface area contributed by atoms with E-state index >= 15 is 0 Å². The quantitative estimate of drug-likeness (QED) is 0.632. The van der Waals surface area contributed by atoms with Crippen LogP contribution in [0.1, 0.15) is 12.8 Å². The number of thioether (sulfide) groups is 1. The standard InChI is InChI=1S/C9H13ClN2O2S/c1-15-5-3-2-4-12-8(13)6-7(10)11-9(12)14/h6H,2-5H2,1H3,(H,11,14). The minimum absolute atomic E-state index is 0.0883. The summed E-state index contributed by atoms with van der Waals surface area (Å²) in [4.78, 5) is 25.1. The minimum Gasteiger partial charge on any atom is -0.298 e. The molecule has 15 heavy (non-hydrogen) atoms. The first kappa shape index (κ1) is 12.4. The molecule has 1 aromatic rings. The first-order valence-electron chi connectivity index (χ1n) is 4.63. The third-order valence-electron chi connectivity index (χ3n) is 1.97. The van der Waals surface area contributed by atoms with Crippen molar-refractivity contribution < 1.29 is 0 Å². The van der Waals surface area contributed by atoms with Crippen molar-refractivity contribution in [2.75, 3.05) is 12.0 Å². The highest BCUT2D eigenvalue weighted by atomic mass is 35.5. The molecule has 1 N–H and O–H groups in total. The fourth-order valence-electron chi connectivity index (χ4n) is 1.22. The van der Waals surface area contributed by atoms with E-state index in [0.717, 1.165) is 18.6 Å². The molecule has 4 nitrogen and oxygen atoms in total. The number of hydrogen-bond acceptors (Lipinski definition) is 3. The molecule has 0 aromatic carbocycles. The Hall–Kier alpha value is -0.680. The van der Waals surface area contributed by atoms with Crippen molar-refractivity contribution in [3.8, 4) is 0 Å². The molecule has 0 bridgehead atoms. The Kier molecular flexibility index (Phi) is 4.98. The van der Waals surface area contributed by atoms with E-state index in [9.17, 15) is 9.59 Å². The van der Waals surface area contributed by atoms with Gasteiger partial charge in [-0.15, -0.1) is 0 Å². The summed E-state index contributed by atoms with van der Waals surface area (Å²) in [7, 11) is 0. The molecule has 84 valence electrons. The number of aromatic nitrogens is 2. The average molecular weight is 249 g/mol. The van der Waals surface area contributed by atoms with Gasteiger partial charge in [0, 0.05) is 12.6 Å². The molecule has 0 spiro atoms. The lowest BCUT2D eigenvalue weighted by atomic mass is 10.3. The Morgan fingerprint density at radius 1 is 1.47 bits per heavy atom. The number of halogens is 1. The van der Waals surface area contributed by atoms with Crippen LogP contribution in [-0.2, 0) is 6.54 Å². The second-order valence-corrected chi connectivity index (χ2v) is 4.51. The molecule has 6 heteroatoms. The summed E-state index contributed by atoms with van der Waals surface area (Å²) in [5.41, 5.74) is -0.774. The third kappa shape index (κ3) is 3.76. The predicted octanol–water partition coefficient (Wildman–Crippen LogP) is 1.33. The van der Waals surface area contributed by atoms with Crippen molar-refractivity contribution in [1.29, 1.82) is 0 Å². The molecule has 1 rings (SSSR count). The van der Waals surface area contributed by atoms with E-state index < -0.39 is 5.69 Å². The number of nitrogens with zero attached hydrogens (tertiary/aromatic N) is 1. The SMILES string of the molecule is CSCCCCn1c(=O)cc(Cl)[nH]c1=O. The number of nitrogens with one attached hydrogen (secondary N) is 1. The van der Waals surface area contributed by atoms with E-state index in [1.807, 2.05) is 6.26 Å². The van der Waals surface area contributed by atoms with E-state index in [4.69, 9.17) is 11.6 Å². The van der Waals surface area contributed by atoms with Crippen LogP contribution in [-0.4, -0.2) is 21.6 Å². The molecule has 1 aromatic heterocycles. The van der Waals surface area contributed by atoms with E-state index in [0.29, 0.717) is 6.54 Å². The van der Waals surface area contributed by atoms with E-state index in [-0.39, 0.29) is 10.7 Å². The number of unbranched alkanes of at least 4 members (excludes halogenated alkanes) is 1. The van der Waals surface area contributed by atoms with Crippen LogP contribution in [0.2, 0.25) is 5.15 Å². The molecule has 0 aliphatic rings. The zero-order valence-electron chi connectivity index (χ0n) is 8.46. The lowest BCUT2D eigenvalue weighted by molar-refractivity contribution is 0.585. The second-order valence-electron chi connectivity index (χ2n) is 3.11. The van der Waals surface area contributed by atoms with Crippen LogP contribution in [0.3, 0.4) is 0 Å². The van der Waals surface area contributed by atoms with Gasteiger partial charge in [-0.1, -0.05) is 11.6 Å². The lowest BCUT2D eigenvalue weighted by Crippen LogP contribution is -2.34. The first-order valence-corrected chi connectivity index (χ1v) is 6.41. The molecule has 0 fully saturated rings. The van der Waals surface area contributed by atoms with Gasteiger partial charge >= 0.3 is 5.69 Å². The van der Waals surface area contributed by atoms with Gasteiger partial charge in [-0.3, -0.25) is 14.3 Å². The topological polar surface area (TPSA) is 54.9 Å². The van der Waals surface area contributed by atoms with Crippen molar-refractivity contribution in [3.05, 3.63) is 32.1 Å². The summed E-state index contributed by atoms with van der Waals surface area (Å²) >= 11 is 7.29. The maximum atomic E-state index is 11.4. The van der Waals surface area contributed by atoms with Crippen LogP contribution in [0.4, 0.5) is 0 Å². The fraction of sp³-hybridized carbons (Fsp3) is 0.556. The zero-order valence-corrected chi connectivity index (χ0v) is 10.0. The molecule has 0 atom stereocenters. The largest absolute Gasteiger partial charge is 0.329 e. The Morgan fingerprint density at radius 2 is 2.20 bits per heavy atom. The van der Waals surface area contributed by atoms with Gasteiger partial charge in [0.05, 0.1) is 0 Å². The van der Waals surface area contributed by atoms with Crippen LogP contribution < -0.4 is 11.2 Å². The smallest absolute Gasteiger partial charge is 0.298 e. The highest BCUT2D eigenvalue weighted by Crippen LogP contribution is 2.00. The van der Waals surface area contributed by atoms with Crippen LogP contribution in [0.5, 0.6) is 0 Å². The normalized spacial score (nSPS) is 10.5. The maximum absolute atomic E-state index is 11.4. The van der Waals surface area contributed by atoms with Crippen LogP contribution in [0.25, 0.3) is 0 Å². The van der Waals surface area contributed by atoms with Gasteiger partial charge < -0.3 is 0 Å². The zero-order chi connectivity index (χ0) is 11.3. The Labute approximate surface area is 96.7 Å². The third-order valence-corrected chi connectivity index (χ3v) is 2.87. The monoisotopic (exact) mass is 248 g/mol. The number of rotatable bonds is 5. The summed E-state index contributed by atoms with van der Waals surface area (Å²) in [6.45, 7) is 0.450. The summed E-state index contributed by atoms with van der Waals surface area (Å²) in [6, 6.07) is 1.22. The lowest BCUT2D eigenvalue weighted by Gasteiger charge is -2.03. The molecular formula is C9H13ClN2O2S. The van der Waals surface area contributed by atoms with Gasteiger partial charge in [-0.25, -0.2) is 4.79 Å². The van der Waals surface area contributed by atoms with Gasteiger partial charge in [-0.05, 0) is 24.9 Å². The Bertz CT molecular complexity index is 396. The van der Waals surface area contributed by atoms with Gasteiger partial charge in [-0.2, -0.15) is 11.8 Å². The first-order chi connectivity index (χ1) is 7.15. The second kappa shape index (κ2) is 6.02. The molecule has 0 aliphatic heterocycles. The molecule has 0 radical (unpaired) electrons. The number of hydrogen-bond donors (Lipinski definition) is 1. The summed E-state index contributed by atoms with van der Waals surface area (Å²) < 4.78 is 1.17. The van der Waals surface area contributed by atoms with Gasteiger partial charge in [0.25, 0.3) is 5.56 Å². The molecule has 0 unspecified atom stereocenters. The number of H-pyrrole nitrogens is 1. The summed E-state index contributed by atoms with van der Waals surface area (Å²) in [6.07, 6.45) is 3.85. The van der Waals surface area contributed by atoms with E-state index in [2.05, 4.69) is 4.98 Å². The van der Waals surface area contributed by atoms with Crippen molar-refractivity contribution in [1.82, 2.24) is 9.55 Å².